The molecule has 9 N–H and O–H groups in total. The molecule has 0 bridgehead atoms. The Morgan fingerprint density at radius 1 is 0.596 bits per heavy atom. The summed E-state index contributed by atoms with van der Waals surface area (Å²) in [6, 6.07) is -1.28. The first kappa shape index (κ1) is 45.1. The van der Waals surface area contributed by atoms with E-state index >= 15 is 0 Å². The standard InChI is InChI=1S/C38H79N7O2/c1-3-5-7-9-11-13-15-16-18-20-22-26-33-45(32-25-21-19-17-14-12-10-8-6-4-2)37(47)35(29-23-24-30-39)44-36(46)34(40)28-27-31-43-38(41)42/h34-35H,3-33,39-40H2,1-2H3,(H,44,46)(H4,41,42,43)/t34-,35+/m1/s1. The van der Waals surface area contributed by atoms with Crippen LogP contribution in [0.5, 0.6) is 0 Å². The Balaban J connectivity index is 4.96. The summed E-state index contributed by atoms with van der Waals surface area (Å²) in [5.74, 6) is -0.226. The number of nitrogens with two attached hydrogens (primary N) is 4. The van der Waals surface area contributed by atoms with Crippen molar-refractivity contribution in [3.05, 3.63) is 0 Å². The van der Waals surface area contributed by atoms with Gasteiger partial charge < -0.3 is 33.2 Å². The van der Waals surface area contributed by atoms with E-state index in [-0.39, 0.29) is 17.8 Å². The fourth-order valence-electron chi connectivity index (χ4n) is 6.17. The number of nitrogens with one attached hydrogen (secondary N) is 1. The van der Waals surface area contributed by atoms with Crippen molar-refractivity contribution in [1.82, 2.24) is 10.2 Å². The molecule has 9 nitrogen and oxygen atoms in total. The van der Waals surface area contributed by atoms with Gasteiger partial charge in [0.15, 0.2) is 5.96 Å². The van der Waals surface area contributed by atoms with Gasteiger partial charge in [-0.25, -0.2) is 0 Å². The van der Waals surface area contributed by atoms with E-state index in [9.17, 15) is 9.59 Å². The zero-order valence-corrected chi connectivity index (χ0v) is 31.1. The maximum atomic E-state index is 13.9. The monoisotopic (exact) mass is 666 g/mol. The van der Waals surface area contributed by atoms with Crippen LogP contribution in [0.15, 0.2) is 4.99 Å². The minimum Gasteiger partial charge on any atom is -0.370 e. The van der Waals surface area contributed by atoms with Crippen molar-refractivity contribution >= 4 is 17.8 Å². The second-order valence-electron chi connectivity index (χ2n) is 13.8. The molecule has 0 unspecified atom stereocenters. The summed E-state index contributed by atoms with van der Waals surface area (Å²) in [7, 11) is 0. The summed E-state index contributed by atoms with van der Waals surface area (Å²) < 4.78 is 0. The molecule has 278 valence electrons. The number of guanidine groups is 1. The number of carbonyl (C=O) groups is 2. The molecular formula is C38H79N7O2. The molecule has 47 heavy (non-hydrogen) atoms. The maximum Gasteiger partial charge on any atom is 0.245 e. The van der Waals surface area contributed by atoms with Gasteiger partial charge in [-0.1, -0.05) is 142 Å². The Bertz CT molecular complexity index is 746. The third-order valence-corrected chi connectivity index (χ3v) is 9.24. The summed E-state index contributed by atoms with van der Waals surface area (Å²) in [5.41, 5.74) is 22.8. The van der Waals surface area contributed by atoms with E-state index < -0.39 is 12.1 Å². The number of hydrogen-bond donors (Lipinski definition) is 5. The number of rotatable bonds is 35. The minimum atomic E-state index is -0.708. The molecule has 0 aliphatic heterocycles. The van der Waals surface area contributed by atoms with Crippen LogP contribution in [0.25, 0.3) is 0 Å². The molecule has 9 heteroatoms. The highest BCUT2D eigenvalue weighted by Gasteiger charge is 2.27. The van der Waals surface area contributed by atoms with Crippen molar-refractivity contribution in [2.24, 2.45) is 27.9 Å². The average Bonchev–Trinajstić information content (AvgIpc) is 3.06. The van der Waals surface area contributed by atoms with Crippen molar-refractivity contribution in [3.8, 4) is 0 Å². The highest BCUT2D eigenvalue weighted by Crippen LogP contribution is 2.15. The molecular weight excluding hydrogens is 586 g/mol. The Hall–Kier alpha value is -1.87. The van der Waals surface area contributed by atoms with Crippen LogP contribution in [0.3, 0.4) is 0 Å². The SMILES string of the molecule is CCCCCCCCCCCCCCN(CCCCCCCCCCCC)C(=O)[C@H](CCCCN)NC(=O)[C@H](N)CCCN=C(N)N. The van der Waals surface area contributed by atoms with E-state index in [1.165, 1.54) is 116 Å². The number of aliphatic imine (C=N–C) groups is 1. The lowest BCUT2D eigenvalue weighted by Crippen LogP contribution is -2.53. The summed E-state index contributed by atoms with van der Waals surface area (Å²) in [5, 5.41) is 3.01. The van der Waals surface area contributed by atoms with E-state index in [4.69, 9.17) is 22.9 Å². The normalized spacial score (nSPS) is 12.5. The number of nitrogens with zero attached hydrogens (tertiary/aromatic N) is 2. The molecule has 0 aromatic rings. The van der Waals surface area contributed by atoms with E-state index in [0.29, 0.717) is 32.4 Å². The number of carbonyl (C=O) groups excluding carboxylic acids is 2. The fraction of sp³-hybridized carbons (Fsp3) is 0.921. The van der Waals surface area contributed by atoms with Crippen LogP contribution >= 0.6 is 0 Å². The molecule has 0 heterocycles. The van der Waals surface area contributed by atoms with E-state index in [1.54, 1.807) is 0 Å². The zero-order chi connectivity index (χ0) is 34.8. The lowest BCUT2D eigenvalue weighted by atomic mass is 10.0. The Morgan fingerprint density at radius 3 is 1.43 bits per heavy atom. The van der Waals surface area contributed by atoms with Crippen LogP contribution in [0.1, 0.15) is 187 Å². The lowest BCUT2D eigenvalue weighted by molar-refractivity contribution is -0.137. The van der Waals surface area contributed by atoms with Crippen molar-refractivity contribution in [2.45, 2.75) is 199 Å². The lowest BCUT2D eigenvalue weighted by Gasteiger charge is -2.29. The van der Waals surface area contributed by atoms with Crippen LogP contribution < -0.4 is 28.3 Å². The molecule has 0 aliphatic rings. The first-order chi connectivity index (χ1) is 22.9. The second kappa shape index (κ2) is 34.0. The molecule has 0 fully saturated rings. The van der Waals surface area contributed by atoms with Crippen LogP contribution in [0, 0.1) is 0 Å². The molecule has 0 saturated carbocycles. The second-order valence-corrected chi connectivity index (χ2v) is 13.8. The van der Waals surface area contributed by atoms with Crippen molar-refractivity contribution in [1.29, 1.82) is 0 Å². The summed E-state index contributed by atoms with van der Waals surface area (Å²) in [6.45, 7) is 7.03. The van der Waals surface area contributed by atoms with Crippen LogP contribution in [0.4, 0.5) is 0 Å². The highest BCUT2D eigenvalue weighted by atomic mass is 16.2. The Kier molecular flexibility index (Phi) is 32.7. The zero-order valence-electron chi connectivity index (χ0n) is 31.1. The topological polar surface area (TPSA) is 166 Å². The molecule has 0 aromatic carbocycles. The quantitative estimate of drug-likeness (QED) is 0.0268. The molecule has 0 radical (unpaired) electrons. The largest absolute Gasteiger partial charge is 0.370 e. The van der Waals surface area contributed by atoms with Crippen molar-refractivity contribution in [3.63, 3.8) is 0 Å². The molecule has 0 spiro atoms. The third-order valence-electron chi connectivity index (χ3n) is 9.24. The van der Waals surface area contributed by atoms with Gasteiger partial charge in [-0.2, -0.15) is 0 Å². The van der Waals surface area contributed by atoms with Gasteiger partial charge in [0, 0.05) is 19.6 Å². The van der Waals surface area contributed by atoms with Gasteiger partial charge in [0.2, 0.25) is 11.8 Å². The number of unbranched alkanes of at least 4 members (excludes halogenated alkanes) is 21. The van der Waals surface area contributed by atoms with Gasteiger partial charge in [0.05, 0.1) is 6.04 Å². The van der Waals surface area contributed by atoms with E-state index in [2.05, 4.69) is 24.2 Å². The first-order valence-electron chi connectivity index (χ1n) is 20.0. The average molecular weight is 666 g/mol. The minimum absolute atomic E-state index is 0.0297. The van der Waals surface area contributed by atoms with Gasteiger partial charge in [-0.15, -0.1) is 0 Å². The molecule has 2 amide bonds. The third kappa shape index (κ3) is 28.8. The van der Waals surface area contributed by atoms with Crippen LogP contribution in [-0.2, 0) is 9.59 Å². The Labute approximate surface area is 290 Å². The molecule has 0 aliphatic carbocycles. The maximum absolute atomic E-state index is 13.9. The molecule has 0 saturated heterocycles. The van der Waals surface area contributed by atoms with Gasteiger partial charge in [0.25, 0.3) is 0 Å². The predicted molar refractivity (Wildman–Crippen MR) is 202 cm³/mol. The molecule has 2 atom stereocenters. The summed E-state index contributed by atoms with van der Waals surface area (Å²) >= 11 is 0. The van der Waals surface area contributed by atoms with Crippen molar-refractivity contribution in [2.75, 3.05) is 26.2 Å². The molecule has 0 aromatic heterocycles. The first-order valence-corrected chi connectivity index (χ1v) is 20.0. The van der Waals surface area contributed by atoms with Gasteiger partial charge in [-0.3, -0.25) is 14.6 Å². The fourth-order valence-corrected chi connectivity index (χ4v) is 6.17. The highest BCUT2D eigenvalue weighted by molar-refractivity contribution is 5.89. The van der Waals surface area contributed by atoms with Gasteiger partial charge in [-0.05, 0) is 51.5 Å². The molecule has 0 rings (SSSR count). The number of amides is 2. The van der Waals surface area contributed by atoms with Crippen LogP contribution in [-0.4, -0.2) is 60.9 Å². The van der Waals surface area contributed by atoms with Gasteiger partial charge >= 0.3 is 0 Å². The van der Waals surface area contributed by atoms with Crippen molar-refractivity contribution < 1.29 is 9.59 Å². The van der Waals surface area contributed by atoms with Crippen LogP contribution in [0.2, 0.25) is 0 Å². The summed E-state index contributed by atoms with van der Waals surface area (Å²) in [4.78, 5) is 33.0. The Morgan fingerprint density at radius 2 is 1.02 bits per heavy atom. The van der Waals surface area contributed by atoms with Gasteiger partial charge in [0.1, 0.15) is 6.04 Å². The summed E-state index contributed by atoms with van der Waals surface area (Å²) in [6.07, 6.45) is 31.4. The number of hydrogen-bond acceptors (Lipinski definition) is 5. The predicted octanol–water partition coefficient (Wildman–Crippen LogP) is 7.43. The smallest absolute Gasteiger partial charge is 0.245 e. The van der Waals surface area contributed by atoms with E-state index in [0.717, 1.165) is 51.6 Å². The van der Waals surface area contributed by atoms with E-state index in [1.807, 2.05) is 4.90 Å².